The predicted octanol–water partition coefficient (Wildman–Crippen LogP) is 3.10. The Hall–Kier alpha value is -2.17. The fraction of sp³-hybridized carbons (Fsp3) is 0.438. The molecular formula is C16H19N3O2. The molecule has 2 heterocycles. The van der Waals surface area contributed by atoms with E-state index < -0.39 is 5.97 Å². The van der Waals surface area contributed by atoms with Crippen LogP contribution in [0.5, 0.6) is 0 Å². The number of anilines is 1. The van der Waals surface area contributed by atoms with Crippen molar-refractivity contribution in [3.8, 4) is 0 Å². The van der Waals surface area contributed by atoms with E-state index in [1.54, 1.807) is 12.1 Å². The molecule has 1 N–H and O–H groups in total. The van der Waals surface area contributed by atoms with Crippen molar-refractivity contribution >= 4 is 22.7 Å². The third kappa shape index (κ3) is 2.44. The summed E-state index contributed by atoms with van der Waals surface area (Å²) in [6.07, 6.45) is 5.08. The van der Waals surface area contributed by atoms with Gasteiger partial charge in [0.15, 0.2) is 0 Å². The number of aromatic carboxylic acids is 1. The minimum absolute atomic E-state index is 0.256. The number of piperidine rings is 1. The van der Waals surface area contributed by atoms with Crippen LogP contribution in [-0.4, -0.2) is 33.1 Å². The largest absolute Gasteiger partial charge is 0.478 e. The van der Waals surface area contributed by atoms with E-state index in [0.29, 0.717) is 17.6 Å². The molecule has 3 rings (SSSR count). The molecule has 2 aromatic rings. The lowest BCUT2D eigenvalue weighted by Crippen LogP contribution is -2.44. The maximum atomic E-state index is 11.1. The van der Waals surface area contributed by atoms with Gasteiger partial charge >= 0.3 is 5.97 Å². The summed E-state index contributed by atoms with van der Waals surface area (Å²) in [5.74, 6) is -0.0200. The number of benzene rings is 1. The number of carboxylic acids is 1. The van der Waals surface area contributed by atoms with E-state index in [0.717, 1.165) is 24.0 Å². The first-order chi connectivity index (χ1) is 10.1. The van der Waals surface area contributed by atoms with Crippen molar-refractivity contribution in [3.63, 3.8) is 0 Å². The molecule has 1 fully saturated rings. The van der Waals surface area contributed by atoms with Crippen LogP contribution in [0.2, 0.25) is 0 Å². The molecule has 1 saturated heterocycles. The minimum atomic E-state index is -0.934. The van der Waals surface area contributed by atoms with Gasteiger partial charge in [0.05, 0.1) is 11.1 Å². The van der Waals surface area contributed by atoms with E-state index in [9.17, 15) is 4.79 Å². The number of hydrogen-bond donors (Lipinski definition) is 1. The molecule has 5 heteroatoms. The molecule has 2 atom stereocenters. The number of fused-ring (bicyclic) bond motifs is 1. The SMILES string of the molecule is C[C@@H]1CCC[C@H](C)N1c1ncnc2cc(C(=O)O)ccc12. The van der Waals surface area contributed by atoms with Crippen LogP contribution >= 0.6 is 0 Å². The second-order valence-corrected chi connectivity index (χ2v) is 5.77. The highest BCUT2D eigenvalue weighted by atomic mass is 16.4. The lowest BCUT2D eigenvalue weighted by molar-refractivity contribution is 0.0697. The molecule has 0 spiro atoms. The van der Waals surface area contributed by atoms with Crippen LogP contribution in [0.25, 0.3) is 10.9 Å². The highest BCUT2D eigenvalue weighted by Crippen LogP contribution is 2.32. The van der Waals surface area contributed by atoms with Gasteiger partial charge in [0.1, 0.15) is 12.1 Å². The standard InChI is InChI=1S/C16H19N3O2/c1-10-4-3-5-11(2)19(10)15-13-7-6-12(16(20)21)8-14(13)17-9-18-15/h6-11H,3-5H2,1-2H3,(H,20,21)/t10-,11+. The van der Waals surface area contributed by atoms with Gasteiger partial charge in [0, 0.05) is 17.5 Å². The number of carbonyl (C=O) groups is 1. The van der Waals surface area contributed by atoms with Gasteiger partial charge in [-0.3, -0.25) is 0 Å². The number of nitrogens with zero attached hydrogens (tertiary/aromatic N) is 3. The molecule has 0 bridgehead atoms. The molecular weight excluding hydrogens is 266 g/mol. The van der Waals surface area contributed by atoms with E-state index in [1.165, 1.54) is 12.7 Å². The Labute approximate surface area is 123 Å². The average molecular weight is 285 g/mol. The third-order valence-electron chi connectivity index (χ3n) is 4.30. The van der Waals surface area contributed by atoms with Crippen LogP contribution in [-0.2, 0) is 0 Å². The van der Waals surface area contributed by atoms with Gasteiger partial charge in [0.2, 0.25) is 0 Å². The Morgan fingerprint density at radius 3 is 2.62 bits per heavy atom. The Balaban J connectivity index is 2.12. The summed E-state index contributed by atoms with van der Waals surface area (Å²) in [5, 5.41) is 10.0. The minimum Gasteiger partial charge on any atom is -0.478 e. The van der Waals surface area contributed by atoms with Crippen LogP contribution in [0.4, 0.5) is 5.82 Å². The van der Waals surface area contributed by atoms with Crippen LogP contribution in [0.3, 0.4) is 0 Å². The fourth-order valence-corrected chi connectivity index (χ4v) is 3.22. The monoisotopic (exact) mass is 285 g/mol. The maximum Gasteiger partial charge on any atom is 0.335 e. The zero-order chi connectivity index (χ0) is 15.0. The van der Waals surface area contributed by atoms with Crippen molar-refractivity contribution in [2.45, 2.75) is 45.2 Å². The quantitative estimate of drug-likeness (QED) is 0.918. The van der Waals surface area contributed by atoms with Gasteiger partial charge in [-0.2, -0.15) is 0 Å². The summed E-state index contributed by atoms with van der Waals surface area (Å²) in [4.78, 5) is 22.1. The van der Waals surface area contributed by atoms with Crippen molar-refractivity contribution in [2.75, 3.05) is 4.90 Å². The molecule has 1 aromatic heterocycles. The first kappa shape index (κ1) is 13.8. The molecule has 0 saturated carbocycles. The first-order valence-electron chi connectivity index (χ1n) is 7.34. The second kappa shape index (κ2) is 5.31. The Morgan fingerprint density at radius 1 is 1.24 bits per heavy atom. The summed E-state index contributed by atoms with van der Waals surface area (Å²) < 4.78 is 0. The normalized spacial score (nSPS) is 22.5. The molecule has 1 aromatic carbocycles. The fourth-order valence-electron chi connectivity index (χ4n) is 3.22. The van der Waals surface area contributed by atoms with Crippen molar-refractivity contribution in [2.24, 2.45) is 0 Å². The van der Waals surface area contributed by atoms with Crippen molar-refractivity contribution in [3.05, 3.63) is 30.1 Å². The summed E-state index contributed by atoms with van der Waals surface area (Å²) in [6, 6.07) is 5.93. The third-order valence-corrected chi connectivity index (χ3v) is 4.30. The van der Waals surface area contributed by atoms with Crippen LogP contribution in [0, 0.1) is 0 Å². The molecule has 110 valence electrons. The van der Waals surface area contributed by atoms with E-state index >= 15 is 0 Å². The molecule has 5 nitrogen and oxygen atoms in total. The smallest absolute Gasteiger partial charge is 0.335 e. The molecule has 1 aliphatic heterocycles. The Morgan fingerprint density at radius 2 is 1.95 bits per heavy atom. The summed E-state index contributed by atoms with van der Waals surface area (Å²) in [7, 11) is 0. The molecule has 1 aliphatic rings. The van der Waals surface area contributed by atoms with Gasteiger partial charge in [-0.1, -0.05) is 0 Å². The van der Waals surface area contributed by atoms with Crippen molar-refractivity contribution in [1.82, 2.24) is 9.97 Å². The Kier molecular flexibility index (Phi) is 3.49. The topological polar surface area (TPSA) is 66.3 Å². The molecule has 0 amide bonds. The maximum absolute atomic E-state index is 11.1. The first-order valence-corrected chi connectivity index (χ1v) is 7.34. The van der Waals surface area contributed by atoms with E-state index in [1.807, 2.05) is 6.07 Å². The summed E-state index contributed by atoms with van der Waals surface area (Å²) in [6.45, 7) is 4.43. The van der Waals surface area contributed by atoms with Crippen molar-refractivity contribution in [1.29, 1.82) is 0 Å². The predicted molar refractivity (Wildman–Crippen MR) is 81.8 cm³/mol. The lowest BCUT2D eigenvalue weighted by atomic mass is 9.97. The number of carboxylic acid groups (broad SMARTS) is 1. The summed E-state index contributed by atoms with van der Waals surface area (Å²) >= 11 is 0. The van der Waals surface area contributed by atoms with Crippen LogP contribution in [0.1, 0.15) is 43.5 Å². The van der Waals surface area contributed by atoms with Gasteiger partial charge in [0.25, 0.3) is 0 Å². The summed E-state index contributed by atoms with van der Waals surface area (Å²) in [5.41, 5.74) is 0.941. The number of hydrogen-bond acceptors (Lipinski definition) is 4. The zero-order valence-electron chi connectivity index (χ0n) is 12.3. The molecule has 0 unspecified atom stereocenters. The van der Waals surface area contributed by atoms with E-state index in [-0.39, 0.29) is 5.56 Å². The Bertz CT molecular complexity index is 676. The highest BCUT2D eigenvalue weighted by molar-refractivity contribution is 5.96. The van der Waals surface area contributed by atoms with Gasteiger partial charge in [-0.25, -0.2) is 14.8 Å². The van der Waals surface area contributed by atoms with E-state index in [2.05, 4.69) is 28.7 Å². The van der Waals surface area contributed by atoms with Crippen LogP contribution in [0.15, 0.2) is 24.5 Å². The molecule has 21 heavy (non-hydrogen) atoms. The van der Waals surface area contributed by atoms with Gasteiger partial charge in [-0.15, -0.1) is 0 Å². The molecule has 0 radical (unpaired) electrons. The average Bonchev–Trinajstić information content (AvgIpc) is 2.46. The van der Waals surface area contributed by atoms with E-state index in [4.69, 9.17) is 5.11 Å². The van der Waals surface area contributed by atoms with Crippen LogP contribution < -0.4 is 4.90 Å². The highest BCUT2D eigenvalue weighted by Gasteiger charge is 2.27. The lowest BCUT2D eigenvalue weighted by Gasteiger charge is -2.40. The number of rotatable bonds is 2. The van der Waals surface area contributed by atoms with Gasteiger partial charge in [-0.05, 0) is 51.3 Å². The molecule has 0 aliphatic carbocycles. The van der Waals surface area contributed by atoms with Crippen molar-refractivity contribution < 1.29 is 9.90 Å². The number of aromatic nitrogens is 2. The van der Waals surface area contributed by atoms with Gasteiger partial charge < -0.3 is 10.0 Å². The second-order valence-electron chi connectivity index (χ2n) is 5.77. The zero-order valence-corrected chi connectivity index (χ0v) is 12.3.